The van der Waals surface area contributed by atoms with E-state index < -0.39 is 124 Å². The molecule has 0 aromatic heterocycles. The first-order valence-corrected chi connectivity index (χ1v) is 27.2. The van der Waals surface area contributed by atoms with Gasteiger partial charge in [-0.05, 0) is 44.9 Å². The van der Waals surface area contributed by atoms with E-state index in [9.17, 15) is 61.0 Å². The van der Waals surface area contributed by atoms with Crippen LogP contribution in [0.4, 0.5) is 0 Å². The van der Waals surface area contributed by atoms with E-state index in [1.165, 1.54) is 64.2 Å². The molecule has 0 aromatic rings. The number of nitrogens with one attached hydrogen (secondary N) is 1. The third-order valence-electron chi connectivity index (χ3n) is 13.7. The van der Waals surface area contributed by atoms with Crippen molar-refractivity contribution in [1.29, 1.82) is 0 Å². The molecule has 0 aromatic carbocycles. The van der Waals surface area contributed by atoms with Crippen LogP contribution in [0.25, 0.3) is 0 Å². The molecule has 0 saturated carbocycles. The summed E-state index contributed by atoms with van der Waals surface area (Å²) in [6.07, 6.45) is 9.61. The lowest BCUT2D eigenvalue weighted by atomic mass is 9.96. The van der Waals surface area contributed by atoms with Crippen LogP contribution in [0.3, 0.4) is 0 Å². The predicted octanol–water partition coefficient (Wildman–Crippen LogP) is 2.98. The molecule has 0 spiro atoms. The van der Waals surface area contributed by atoms with Crippen molar-refractivity contribution in [3.8, 4) is 0 Å². The maximum Gasteiger partial charge on any atom is 0.220 e. The smallest absolute Gasteiger partial charge is 0.220 e. The van der Waals surface area contributed by atoms with E-state index in [1.54, 1.807) is 0 Å². The largest absolute Gasteiger partial charge is 0.394 e. The van der Waals surface area contributed by atoms with E-state index in [-0.39, 0.29) is 18.9 Å². The molecule has 19 heteroatoms. The second kappa shape index (κ2) is 37.7. The van der Waals surface area contributed by atoms with Gasteiger partial charge >= 0.3 is 0 Å². The summed E-state index contributed by atoms with van der Waals surface area (Å²) in [5, 5.41) is 120. The van der Waals surface area contributed by atoms with Crippen LogP contribution in [0.2, 0.25) is 0 Å². The standard InChI is InChI=1S/C53H95NO18/c1-3-5-7-9-11-13-15-17-19-20-22-24-26-28-30-37(58)36(54-41(59)31-29-27-25-23-21-18-16-14-12-10-8-6-4-2)35-67-51-47(65)44(62)49(39(33-56)69-51)72-53-48(66)45(63)50(40(34-57)70-53)71-52-46(64)43(61)42(60)38(32-55)68-52/h6,8,12,14,18,21,36-40,42-53,55-58,60-66H,3-5,7,9-11,13,15-17,19-20,22-35H2,1-2H3,(H,54,59)/b8-6-,14-12-,21-18-. The molecule has 72 heavy (non-hydrogen) atoms. The Hall–Kier alpha value is -1.99. The van der Waals surface area contributed by atoms with Crippen LogP contribution in [0.15, 0.2) is 36.5 Å². The first kappa shape index (κ1) is 64.3. The summed E-state index contributed by atoms with van der Waals surface area (Å²) in [6.45, 7) is 1.61. The molecule has 3 aliphatic heterocycles. The number of carbonyl (C=O) groups is 1. The fourth-order valence-corrected chi connectivity index (χ4v) is 9.21. The highest BCUT2D eigenvalue weighted by Gasteiger charge is 2.53. The maximum absolute atomic E-state index is 13.2. The number of amides is 1. The molecule has 3 saturated heterocycles. The van der Waals surface area contributed by atoms with E-state index in [4.69, 9.17) is 28.4 Å². The molecule has 12 N–H and O–H groups in total. The van der Waals surface area contributed by atoms with Gasteiger partial charge in [-0.15, -0.1) is 0 Å². The predicted molar refractivity (Wildman–Crippen MR) is 268 cm³/mol. The van der Waals surface area contributed by atoms with Gasteiger partial charge in [-0.1, -0.05) is 147 Å². The third-order valence-corrected chi connectivity index (χ3v) is 13.7. The Labute approximate surface area is 428 Å². The highest BCUT2D eigenvalue weighted by molar-refractivity contribution is 5.76. The summed E-state index contributed by atoms with van der Waals surface area (Å²) in [5.41, 5.74) is 0. The van der Waals surface area contributed by atoms with E-state index in [0.717, 1.165) is 64.2 Å². The van der Waals surface area contributed by atoms with E-state index in [2.05, 4.69) is 55.6 Å². The molecular weight excluding hydrogens is 939 g/mol. The molecule has 1 amide bonds. The van der Waals surface area contributed by atoms with Crippen LogP contribution < -0.4 is 5.32 Å². The third kappa shape index (κ3) is 22.7. The summed E-state index contributed by atoms with van der Waals surface area (Å²) in [7, 11) is 0. The first-order valence-electron chi connectivity index (χ1n) is 27.2. The average Bonchev–Trinajstić information content (AvgIpc) is 3.37. The lowest BCUT2D eigenvalue weighted by Gasteiger charge is -2.48. The Kier molecular flexibility index (Phi) is 33.7. The van der Waals surface area contributed by atoms with Gasteiger partial charge in [0.15, 0.2) is 18.9 Å². The van der Waals surface area contributed by atoms with Crippen LogP contribution in [-0.4, -0.2) is 193 Å². The number of carbonyl (C=O) groups excluding carboxylic acids is 1. The molecule has 17 unspecified atom stereocenters. The Morgan fingerprint density at radius 3 is 1.49 bits per heavy atom. The molecule has 0 radical (unpaired) electrons. The summed E-state index contributed by atoms with van der Waals surface area (Å²) in [4.78, 5) is 13.2. The van der Waals surface area contributed by atoms with E-state index in [1.807, 2.05) is 0 Å². The zero-order valence-corrected chi connectivity index (χ0v) is 43.1. The number of rotatable bonds is 38. The quantitative estimate of drug-likeness (QED) is 0.0313. The van der Waals surface area contributed by atoms with Gasteiger partial charge in [0.05, 0.1) is 38.6 Å². The van der Waals surface area contributed by atoms with E-state index >= 15 is 0 Å². The average molecular weight is 1030 g/mol. The van der Waals surface area contributed by atoms with Crippen molar-refractivity contribution in [2.75, 3.05) is 26.4 Å². The minimum Gasteiger partial charge on any atom is -0.394 e. The van der Waals surface area contributed by atoms with Gasteiger partial charge in [0, 0.05) is 6.42 Å². The monoisotopic (exact) mass is 1030 g/mol. The normalized spacial score (nSPS) is 32.3. The van der Waals surface area contributed by atoms with Crippen LogP contribution in [0.5, 0.6) is 0 Å². The van der Waals surface area contributed by atoms with Crippen molar-refractivity contribution in [2.45, 2.75) is 266 Å². The molecule has 3 aliphatic rings. The van der Waals surface area contributed by atoms with E-state index in [0.29, 0.717) is 12.8 Å². The fourth-order valence-electron chi connectivity index (χ4n) is 9.21. The van der Waals surface area contributed by atoms with Crippen LogP contribution in [-0.2, 0) is 33.2 Å². The molecule has 17 atom stereocenters. The van der Waals surface area contributed by atoms with Crippen LogP contribution >= 0.6 is 0 Å². The number of ether oxygens (including phenoxy) is 6. The summed E-state index contributed by atoms with van der Waals surface area (Å²) >= 11 is 0. The Morgan fingerprint density at radius 1 is 0.514 bits per heavy atom. The number of aliphatic hydroxyl groups is 11. The number of unbranched alkanes of at least 4 members (excludes halogenated alkanes) is 16. The number of hydrogen-bond donors (Lipinski definition) is 12. The topological polar surface area (TPSA) is 307 Å². The Balaban J connectivity index is 1.55. The van der Waals surface area contributed by atoms with Crippen LogP contribution in [0, 0.1) is 0 Å². The fraction of sp³-hybridized carbons (Fsp3) is 0.868. The van der Waals surface area contributed by atoms with Gasteiger partial charge in [-0.25, -0.2) is 0 Å². The second-order valence-corrected chi connectivity index (χ2v) is 19.7. The maximum atomic E-state index is 13.2. The van der Waals surface area contributed by atoms with Crippen molar-refractivity contribution in [2.24, 2.45) is 0 Å². The van der Waals surface area contributed by atoms with Gasteiger partial charge in [0.1, 0.15) is 73.2 Å². The Morgan fingerprint density at radius 2 is 0.958 bits per heavy atom. The van der Waals surface area contributed by atoms with Gasteiger partial charge in [0.2, 0.25) is 5.91 Å². The molecule has 19 nitrogen and oxygen atoms in total. The Bertz CT molecular complexity index is 1470. The number of hydrogen-bond acceptors (Lipinski definition) is 18. The van der Waals surface area contributed by atoms with Gasteiger partial charge in [-0.3, -0.25) is 4.79 Å². The minimum absolute atomic E-state index is 0.230. The SMILES string of the molecule is CC/C=C\C/C=C\C/C=C\CCCCCC(=O)NC(COC1OC(CO)C(OC2OC(CO)C(OC3OC(CO)C(O)C(O)C3O)C(O)C2O)C(O)C1O)C(O)CCCCCCCCCCCCCCCC. The summed E-state index contributed by atoms with van der Waals surface area (Å²) in [5.74, 6) is -0.275. The highest BCUT2D eigenvalue weighted by Crippen LogP contribution is 2.33. The molecule has 3 rings (SSSR count). The summed E-state index contributed by atoms with van der Waals surface area (Å²) < 4.78 is 34.2. The molecular formula is C53H95NO18. The van der Waals surface area contributed by atoms with Gasteiger partial charge in [-0.2, -0.15) is 0 Å². The number of aliphatic hydroxyl groups excluding tert-OH is 11. The lowest BCUT2D eigenvalue weighted by molar-refractivity contribution is -0.379. The molecule has 3 fully saturated rings. The summed E-state index contributed by atoms with van der Waals surface area (Å²) in [6, 6.07) is -0.900. The minimum atomic E-state index is -1.97. The van der Waals surface area contributed by atoms with Gasteiger partial charge < -0.3 is 89.9 Å². The van der Waals surface area contributed by atoms with Crippen molar-refractivity contribution in [3.63, 3.8) is 0 Å². The molecule has 0 bridgehead atoms. The lowest BCUT2D eigenvalue weighted by Crippen LogP contribution is -2.66. The molecule has 3 heterocycles. The highest BCUT2D eigenvalue weighted by atomic mass is 16.8. The first-order chi connectivity index (χ1) is 34.8. The zero-order valence-electron chi connectivity index (χ0n) is 43.1. The molecule has 420 valence electrons. The van der Waals surface area contributed by atoms with Gasteiger partial charge in [0.25, 0.3) is 0 Å². The number of allylic oxidation sites excluding steroid dienone is 6. The van der Waals surface area contributed by atoms with Crippen LogP contribution in [0.1, 0.15) is 162 Å². The van der Waals surface area contributed by atoms with Crippen molar-refractivity contribution in [3.05, 3.63) is 36.5 Å². The molecule has 0 aliphatic carbocycles. The van der Waals surface area contributed by atoms with Crippen molar-refractivity contribution in [1.82, 2.24) is 5.32 Å². The zero-order chi connectivity index (χ0) is 52.7. The second-order valence-electron chi connectivity index (χ2n) is 19.7. The van der Waals surface area contributed by atoms with Crippen molar-refractivity contribution >= 4 is 5.91 Å². The van der Waals surface area contributed by atoms with Crippen molar-refractivity contribution < 1.29 is 89.4 Å².